The van der Waals surface area contributed by atoms with Gasteiger partial charge in [-0.3, -0.25) is 9.59 Å². The lowest BCUT2D eigenvalue weighted by molar-refractivity contribution is -0.117. The fourth-order valence-corrected chi connectivity index (χ4v) is 5.09. The van der Waals surface area contributed by atoms with E-state index >= 15 is 0 Å². The lowest BCUT2D eigenvalue weighted by Crippen LogP contribution is -2.34. The molecule has 0 spiro atoms. The van der Waals surface area contributed by atoms with E-state index in [2.05, 4.69) is 5.32 Å². The Hall–Kier alpha value is -3.07. The van der Waals surface area contributed by atoms with Crippen molar-refractivity contribution >= 4 is 27.3 Å². The van der Waals surface area contributed by atoms with Crippen LogP contribution in [-0.4, -0.2) is 50.9 Å². The molecule has 1 heterocycles. The smallest absolute Gasteiger partial charge is 0.257 e. The summed E-state index contributed by atoms with van der Waals surface area (Å²) in [7, 11) is -1.90. The molecule has 2 aliphatic rings. The van der Waals surface area contributed by atoms with Gasteiger partial charge in [-0.15, -0.1) is 0 Å². The number of nitrogens with zero attached hydrogens (tertiary/aromatic N) is 1. The van der Waals surface area contributed by atoms with E-state index < -0.39 is 15.9 Å². The molecule has 1 atom stereocenters. The molecule has 0 unspecified atom stereocenters. The molecule has 0 radical (unpaired) electrons. The van der Waals surface area contributed by atoms with E-state index in [0.29, 0.717) is 34.9 Å². The zero-order valence-corrected chi connectivity index (χ0v) is 19.8. The molecule has 1 fully saturated rings. The Morgan fingerprint density at radius 3 is 2.61 bits per heavy atom. The van der Waals surface area contributed by atoms with Crippen LogP contribution in [0.3, 0.4) is 0 Å². The van der Waals surface area contributed by atoms with E-state index in [1.54, 1.807) is 35.2 Å². The number of amides is 2. The number of hydrogen-bond donors (Lipinski definition) is 1. The third-order valence-corrected chi connectivity index (χ3v) is 6.80. The number of ether oxygens (including phenoxy) is 2. The van der Waals surface area contributed by atoms with Crippen LogP contribution < -0.4 is 14.8 Å². The van der Waals surface area contributed by atoms with Crippen LogP contribution in [0.1, 0.15) is 47.3 Å². The van der Waals surface area contributed by atoms with Crippen molar-refractivity contribution in [2.45, 2.75) is 32.4 Å². The fraction of sp³-hybridized carbons (Fsp3) is 0.417. The summed E-state index contributed by atoms with van der Waals surface area (Å²) in [5, 5.41) is 2.88. The number of methoxy groups -OCH3 is 1. The number of nitrogens with one attached hydrogen (secondary N) is 1. The van der Waals surface area contributed by atoms with Gasteiger partial charge in [-0.1, -0.05) is 18.2 Å². The summed E-state index contributed by atoms with van der Waals surface area (Å²) in [5.41, 5.74) is 2.28. The molecule has 2 aromatic carbocycles. The number of carbonyl (C=O) groups excluding carboxylic acids is 2. The highest BCUT2D eigenvalue weighted by Crippen LogP contribution is 2.39. The van der Waals surface area contributed by atoms with E-state index in [0.717, 1.165) is 24.7 Å². The second-order valence-corrected chi connectivity index (χ2v) is 10.7. The SMILES string of the molecule is CCOc1cc([C@@H]([13CH2]S([13CH3])(=O)=O)N2Cc3cccc(NC(=O)C4CC4)c3C2=O)ccc1OC. The van der Waals surface area contributed by atoms with Gasteiger partial charge in [0.05, 0.1) is 36.8 Å². The first-order chi connectivity index (χ1) is 15.7. The van der Waals surface area contributed by atoms with Gasteiger partial charge < -0.3 is 19.7 Å². The molecule has 33 heavy (non-hydrogen) atoms. The summed E-state index contributed by atoms with van der Waals surface area (Å²) in [5.74, 6) is 0.382. The predicted molar refractivity (Wildman–Crippen MR) is 124 cm³/mol. The number of rotatable bonds is 9. The number of carbonyl (C=O) groups is 2. The first-order valence-corrected chi connectivity index (χ1v) is 13.0. The lowest BCUT2D eigenvalue weighted by atomic mass is 10.1. The second-order valence-electron chi connectivity index (χ2n) is 8.49. The third-order valence-electron chi connectivity index (χ3n) is 5.88. The van der Waals surface area contributed by atoms with Crippen LogP contribution in [0.5, 0.6) is 11.5 Å². The van der Waals surface area contributed by atoms with Gasteiger partial charge in [0, 0.05) is 18.7 Å². The molecule has 1 N–H and O–H groups in total. The highest BCUT2D eigenvalue weighted by Gasteiger charge is 2.38. The summed E-state index contributed by atoms with van der Waals surface area (Å²) < 4.78 is 35.7. The number of anilines is 1. The van der Waals surface area contributed by atoms with E-state index in [1.807, 2.05) is 13.0 Å². The summed E-state index contributed by atoms with van der Waals surface area (Å²) >= 11 is 0. The van der Waals surface area contributed by atoms with Crippen LogP contribution in [0.2, 0.25) is 0 Å². The molecule has 1 aliphatic carbocycles. The Kier molecular flexibility index (Phi) is 6.34. The quantitative estimate of drug-likeness (QED) is 0.560. The van der Waals surface area contributed by atoms with Gasteiger partial charge in [0.25, 0.3) is 5.91 Å². The normalized spacial score (nSPS) is 16.3. The average Bonchev–Trinajstić information content (AvgIpc) is 3.56. The van der Waals surface area contributed by atoms with Crippen molar-refractivity contribution in [3.8, 4) is 11.5 Å². The summed E-state index contributed by atoms with van der Waals surface area (Å²) in [6, 6.07) is 9.81. The van der Waals surface area contributed by atoms with Crippen LogP contribution in [0.15, 0.2) is 36.4 Å². The van der Waals surface area contributed by atoms with Crippen molar-refractivity contribution in [2.24, 2.45) is 5.92 Å². The van der Waals surface area contributed by atoms with Gasteiger partial charge in [-0.05, 0) is 49.1 Å². The number of fused-ring (bicyclic) bond motifs is 1. The van der Waals surface area contributed by atoms with Crippen molar-refractivity contribution < 1.29 is 27.5 Å². The monoisotopic (exact) mass is 474 g/mol. The zero-order valence-electron chi connectivity index (χ0n) is 19.0. The number of benzene rings is 2. The van der Waals surface area contributed by atoms with E-state index in [-0.39, 0.29) is 30.0 Å². The van der Waals surface area contributed by atoms with Crippen molar-refractivity contribution in [1.82, 2.24) is 4.90 Å². The summed E-state index contributed by atoms with van der Waals surface area (Å²) in [6.45, 7) is 2.50. The first kappa shape index (κ1) is 23.1. The predicted octanol–water partition coefficient (Wildman–Crippen LogP) is 3.18. The molecule has 0 saturated heterocycles. The molecule has 1 saturated carbocycles. The van der Waals surface area contributed by atoms with Crippen LogP contribution in [0, 0.1) is 5.92 Å². The molecular weight excluding hydrogens is 446 g/mol. The van der Waals surface area contributed by atoms with Gasteiger partial charge in [-0.25, -0.2) is 8.42 Å². The fourth-order valence-electron chi connectivity index (χ4n) is 4.14. The van der Waals surface area contributed by atoms with Gasteiger partial charge in [0.1, 0.15) is 9.84 Å². The molecule has 4 rings (SSSR count). The second kappa shape index (κ2) is 9.05. The molecule has 1 aliphatic heterocycles. The molecule has 9 heteroatoms. The summed E-state index contributed by atoms with van der Waals surface area (Å²) in [6.07, 6.45) is 2.87. The van der Waals surface area contributed by atoms with Crippen molar-refractivity contribution in [1.29, 1.82) is 0 Å². The lowest BCUT2D eigenvalue weighted by Gasteiger charge is -2.28. The van der Waals surface area contributed by atoms with E-state index in [1.165, 1.54) is 7.11 Å². The van der Waals surface area contributed by atoms with Crippen LogP contribution in [-0.2, 0) is 21.2 Å². The minimum atomic E-state index is -3.43. The number of sulfone groups is 1. The molecule has 176 valence electrons. The van der Waals surface area contributed by atoms with Crippen molar-refractivity contribution in [3.63, 3.8) is 0 Å². The molecular formula is C24H28N2O6S. The highest BCUT2D eigenvalue weighted by molar-refractivity contribution is 7.90. The van der Waals surface area contributed by atoms with Gasteiger partial charge in [0.15, 0.2) is 11.5 Å². The maximum Gasteiger partial charge on any atom is 0.257 e. The van der Waals surface area contributed by atoms with Gasteiger partial charge in [-0.2, -0.15) is 0 Å². The van der Waals surface area contributed by atoms with E-state index in [9.17, 15) is 18.0 Å². The van der Waals surface area contributed by atoms with Gasteiger partial charge >= 0.3 is 0 Å². The number of hydrogen-bond acceptors (Lipinski definition) is 6. The minimum absolute atomic E-state index is 0.00253. The Bertz CT molecular complexity index is 1190. The zero-order chi connectivity index (χ0) is 23.8. The maximum absolute atomic E-state index is 13.5. The first-order valence-electron chi connectivity index (χ1n) is 10.9. The third kappa shape index (κ3) is 4.98. The van der Waals surface area contributed by atoms with Gasteiger partial charge in [0.2, 0.25) is 5.91 Å². The standard InChI is InChI=1S/C24H28N2O6S/c1-4-32-21-12-16(10-11-20(21)31-2)19(14-33(3,29)30)26-13-17-6-5-7-18(22(17)24(26)28)25-23(27)15-8-9-15/h5-7,10-12,15,19H,4,8-9,13-14H2,1-3H3,(H,25,27)/t19-/m1/s1/i3+1,14+1. The average molecular weight is 475 g/mol. The van der Waals surface area contributed by atoms with E-state index in [4.69, 9.17) is 9.47 Å². The highest BCUT2D eigenvalue weighted by atomic mass is 32.2. The van der Waals surface area contributed by atoms with Crippen molar-refractivity contribution in [3.05, 3.63) is 53.1 Å². The topological polar surface area (TPSA) is 102 Å². The largest absolute Gasteiger partial charge is 0.493 e. The Morgan fingerprint density at radius 1 is 1.21 bits per heavy atom. The molecule has 2 amide bonds. The molecule has 0 bridgehead atoms. The Balaban J connectivity index is 1.70. The Morgan fingerprint density at radius 2 is 1.97 bits per heavy atom. The maximum atomic E-state index is 13.5. The van der Waals surface area contributed by atoms with Crippen LogP contribution in [0.25, 0.3) is 0 Å². The molecule has 2 aromatic rings. The summed E-state index contributed by atoms with van der Waals surface area (Å²) in [4.78, 5) is 27.4. The molecule has 0 aromatic heterocycles. The van der Waals surface area contributed by atoms with Crippen molar-refractivity contribution in [2.75, 3.05) is 31.0 Å². The van der Waals surface area contributed by atoms with Crippen LogP contribution >= 0.6 is 0 Å². The minimum Gasteiger partial charge on any atom is -0.493 e. The Labute approximate surface area is 193 Å². The van der Waals surface area contributed by atoms with Crippen LogP contribution in [0.4, 0.5) is 5.69 Å². The molecule has 8 nitrogen and oxygen atoms in total.